The summed E-state index contributed by atoms with van der Waals surface area (Å²) in [4.78, 5) is 30.3. The zero-order valence-corrected chi connectivity index (χ0v) is 25.9. The molecular formula is C35H46O4. The summed E-state index contributed by atoms with van der Waals surface area (Å²) in [6.07, 6.45) is 0. The lowest BCUT2D eigenvalue weighted by molar-refractivity contribution is -0.173. The highest BCUT2D eigenvalue weighted by Gasteiger charge is 3.28. The van der Waals surface area contributed by atoms with Gasteiger partial charge in [-0.2, -0.15) is 0 Å². The van der Waals surface area contributed by atoms with E-state index in [0.717, 1.165) is 0 Å². The van der Waals surface area contributed by atoms with Gasteiger partial charge in [0.25, 0.3) is 0 Å². The molecule has 4 aliphatic rings. The van der Waals surface area contributed by atoms with Crippen LogP contribution in [0.1, 0.15) is 99.0 Å². The molecule has 0 spiro atoms. The standard InChI is InChI=1S/C35H46O4/c1-27(2,3)33-32(26(37)38-30(10,11)12)31(24-21-17-14-18-22-24,25(36)23-19-15-13-16-20-23)39-35(33,29(7,8)9)34(32,33)28(4,5)6/h13-22H,1-12H3/t31-,32?,33?,34?,35?/m1/s1. The van der Waals surface area contributed by atoms with Gasteiger partial charge in [-0.15, -0.1) is 0 Å². The van der Waals surface area contributed by atoms with Gasteiger partial charge in [0, 0.05) is 16.4 Å². The van der Waals surface area contributed by atoms with Gasteiger partial charge in [-0.25, -0.2) is 0 Å². The van der Waals surface area contributed by atoms with Crippen molar-refractivity contribution in [2.75, 3.05) is 0 Å². The van der Waals surface area contributed by atoms with Gasteiger partial charge >= 0.3 is 5.97 Å². The van der Waals surface area contributed by atoms with Gasteiger partial charge in [-0.05, 0) is 42.6 Å². The lowest BCUT2D eigenvalue weighted by atomic mass is 9.53. The van der Waals surface area contributed by atoms with Crippen LogP contribution in [0.3, 0.4) is 0 Å². The van der Waals surface area contributed by atoms with E-state index >= 15 is 9.59 Å². The molecule has 0 N–H and O–H groups in total. The van der Waals surface area contributed by atoms with E-state index in [1.165, 1.54) is 0 Å². The monoisotopic (exact) mass is 530 g/mol. The number of ketones is 1. The highest BCUT2D eigenvalue weighted by Crippen LogP contribution is 3.18. The minimum atomic E-state index is -1.55. The van der Waals surface area contributed by atoms with Crippen molar-refractivity contribution < 1.29 is 19.1 Å². The van der Waals surface area contributed by atoms with Crippen LogP contribution in [0.4, 0.5) is 0 Å². The number of ether oxygens (including phenoxy) is 2. The fourth-order valence-corrected chi connectivity index (χ4v) is 10.0. The first-order chi connectivity index (χ1) is 17.7. The van der Waals surface area contributed by atoms with Gasteiger partial charge in [-0.3, -0.25) is 9.59 Å². The molecule has 4 fully saturated rings. The predicted octanol–water partition coefficient (Wildman–Crippen LogP) is 8.00. The molecule has 2 unspecified atom stereocenters. The second-order valence-electron chi connectivity index (χ2n) is 16.0. The Bertz CT molecular complexity index is 1300. The van der Waals surface area contributed by atoms with Gasteiger partial charge < -0.3 is 9.47 Å². The second-order valence-corrected chi connectivity index (χ2v) is 16.0. The molecule has 2 aliphatic carbocycles. The molecule has 6 rings (SSSR count). The molecule has 2 aromatic rings. The molecule has 0 amide bonds. The van der Waals surface area contributed by atoms with Crippen LogP contribution in [0.25, 0.3) is 0 Å². The highest BCUT2D eigenvalue weighted by atomic mass is 16.6. The van der Waals surface area contributed by atoms with Gasteiger partial charge in [-0.1, -0.05) is 123 Å². The van der Waals surface area contributed by atoms with Gasteiger partial charge in [0.2, 0.25) is 0 Å². The zero-order valence-electron chi connectivity index (χ0n) is 25.9. The third kappa shape index (κ3) is 2.62. The smallest absolute Gasteiger partial charge is 0.317 e. The number of Topliss-reactive ketones (excluding diaryl/α,β-unsaturated/α-hetero) is 1. The van der Waals surface area contributed by atoms with E-state index in [2.05, 4.69) is 62.3 Å². The molecule has 2 aromatic carbocycles. The van der Waals surface area contributed by atoms with E-state index < -0.39 is 33.0 Å². The normalized spacial score (nSPS) is 35.3. The first-order valence-corrected chi connectivity index (χ1v) is 14.3. The topological polar surface area (TPSA) is 52.6 Å². The summed E-state index contributed by atoms with van der Waals surface area (Å²) in [6, 6.07) is 19.0. The van der Waals surface area contributed by atoms with Crippen LogP contribution in [-0.2, 0) is 19.9 Å². The van der Waals surface area contributed by atoms with E-state index in [1.54, 1.807) is 0 Å². The Morgan fingerprint density at radius 3 is 1.46 bits per heavy atom. The molecule has 0 aromatic heterocycles. The Morgan fingerprint density at radius 2 is 1.08 bits per heavy atom. The summed E-state index contributed by atoms with van der Waals surface area (Å²) >= 11 is 0. The van der Waals surface area contributed by atoms with E-state index in [9.17, 15) is 0 Å². The number of carbonyl (C=O) groups is 2. The molecule has 2 aliphatic heterocycles. The van der Waals surface area contributed by atoms with Crippen molar-refractivity contribution in [3.8, 4) is 0 Å². The minimum absolute atomic E-state index is 0.177. The number of fused-ring (bicyclic) bond motifs is 1. The quantitative estimate of drug-likeness (QED) is 0.297. The maximum atomic E-state index is 15.2. The SMILES string of the molecule is CC(C)(C)OC(=O)C12C3(C(C)(C)C)C(C(C)(C)C)(O[C@@]1(C(=O)c1ccccc1)c1ccccc1)C32C(C)(C)C. The molecule has 39 heavy (non-hydrogen) atoms. The zero-order chi connectivity index (χ0) is 29.3. The average Bonchev–Trinajstić information content (AvgIpc) is 3.54. The van der Waals surface area contributed by atoms with Crippen molar-refractivity contribution in [2.45, 2.75) is 99.9 Å². The summed E-state index contributed by atoms with van der Waals surface area (Å²) in [5.41, 5.74) is -5.39. The largest absolute Gasteiger partial charge is 0.459 e. The first kappa shape index (κ1) is 28.1. The number of hydrogen-bond acceptors (Lipinski definition) is 4. The van der Waals surface area contributed by atoms with Crippen LogP contribution in [0.15, 0.2) is 60.7 Å². The second kappa shape index (κ2) is 7.43. The van der Waals surface area contributed by atoms with Gasteiger partial charge in [0.05, 0.1) is 5.60 Å². The van der Waals surface area contributed by atoms with Crippen molar-refractivity contribution >= 4 is 11.8 Å². The van der Waals surface area contributed by atoms with Gasteiger partial charge in [0.15, 0.2) is 11.4 Å². The third-order valence-electron chi connectivity index (χ3n) is 10.0. The van der Waals surface area contributed by atoms with Crippen LogP contribution < -0.4 is 0 Å². The number of hydrogen-bond donors (Lipinski definition) is 0. The molecule has 4 nitrogen and oxygen atoms in total. The summed E-state index contributed by atoms with van der Waals surface area (Å²) in [6.45, 7) is 25.6. The van der Waals surface area contributed by atoms with Crippen LogP contribution in [0, 0.1) is 32.5 Å². The van der Waals surface area contributed by atoms with Crippen LogP contribution >= 0.6 is 0 Å². The molecule has 2 heterocycles. The Labute approximate surface area is 234 Å². The maximum absolute atomic E-state index is 15.2. The third-order valence-corrected chi connectivity index (χ3v) is 10.0. The lowest BCUT2D eigenvalue weighted by Crippen LogP contribution is -2.57. The number of rotatable bonds is 4. The predicted molar refractivity (Wildman–Crippen MR) is 154 cm³/mol. The molecule has 2 bridgehead atoms. The lowest BCUT2D eigenvalue weighted by Gasteiger charge is -2.46. The molecule has 2 saturated carbocycles. The van der Waals surface area contributed by atoms with Crippen LogP contribution in [-0.4, -0.2) is 23.0 Å². The Morgan fingerprint density at radius 1 is 0.641 bits per heavy atom. The van der Waals surface area contributed by atoms with E-state index in [4.69, 9.17) is 9.47 Å². The summed E-state index contributed by atoms with van der Waals surface area (Å²) in [5, 5.41) is 0. The van der Waals surface area contributed by atoms with E-state index in [1.807, 2.05) is 81.4 Å². The fraction of sp³-hybridized carbons (Fsp3) is 0.600. The van der Waals surface area contributed by atoms with Crippen molar-refractivity contribution in [1.82, 2.24) is 0 Å². The minimum Gasteiger partial charge on any atom is -0.459 e. The molecule has 0 radical (unpaired) electrons. The highest BCUT2D eigenvalue weighted by molar-refractivity contribution is 6.12. The molecule has 4 heteroatoms. The molecular weight excluding hydrogens is 484 g/mol. The van der Waals surface area contributed by atoms with Crippen molar-refractivity contribution in [3.63, 3.8) is 0 Å². The Hall–Kier alpha value is -2.46. The van der Waals surface area contributed by atoms with Crippen molar-refractivity contribution in [3.05, 3.63) is 71.8 Å². The Kier molecular flexibility index (Phi) is 5.35. The van der Waals surface area contributed by atoms with Gasteiger partial charge in [0.1, 0.15) is 11.0 Å². The van der Waals surface area contributed by atoms with Crippen LogP contribution in [0.5, 0.6) is 0 Å². The van der Waals surface area contributed by atoms with Crippen molar-refractivity contribution in [2.24, 2.45) is 32.5 Å². The number of carbonyl (C=O) groups excluding carboxylic acids is 2. The fourth-order valence-electron chi connectivity index (χ4n) is 10.0. The van der Waals surface area contributed by atoms with E-state index in [0.29, 0.717) is 11.1 Å². The van der Waals surface area contributed by atoms with Crippen molar-refractivity contribution in [1.29, 1.82) is 0 Å². The number of benzene rings is 2. The first-order valence-electron chi connectivity index (χ1n) is 14.3. The molecule has 3 atom stereocenters. The number of esters is 1. The summed E-state index contributed by atoms with van der Waals surface area (Å²) < 4.78 is 13.9. The summed E-state index contributed by atoms with van der Waals surface area (Å²) in [7, 11) is 0. The van der Waals surface area contributed by atoms with E-state index in [-0.39, 0.29) is 28.0 Å². The summed E-state index contributed by atoms with van der Waals surface area (Å²) in [5.74, 6) is -0.506. The average molecular weight is 531 g/mol. The Balaban J connectivity index is 1.99. The van der Waals surface area contributed by atoms with Crippen LogP contribution in [0.2, 0.25) is 0 Å². The molecule has 210 valence electrons. The molecule has 2 saturated heterocycles. The maximum Gasteiger partial charge on any atom is 0.317 e.